The zero-order chi connectivity index (χ0) is 19.1. The number of fused-ring (bicyclic) bond motifs is 2. The van der Waals surface area contributed by atoms with Gasteiger partial charge in [0, 0.05) is 43.0 Å². The van der Waals surface area contributed by atoms with Gasteiger partial charge in [0.25, 0.3) is 11.1 Å². The maximum atomic E-state index is 13.3. The largest absolute Gasteiger partial charge is 0.467 e. The number of likely N-dealkylation sites (tertiary alicyclic amines) is 1. The number of nitrogens with one attached hydrogen (secondary N) is 1. The molecule has 2 aromatic carbocycles. The topological polar surface area (TPSA) is 58.2 Å². The molecule has 5 nitrogen and oxygen atoms in total. The van der Waals surface area contributed by atoms with E-state index in [1.807, 2.05) is 29.2 Å². The van der Waals surface area contributed by atoms with E-state index in [2.05, 4.69) is 9.97 Å². The number of para-hydroxylation sites is 1. The van der Waals surface area contributed by atoms with Crippen LogP contribution in [0.5, 0.6) is 5.19 Å². The number of nitrogens with zero attached hydrogens (tertiary/aromatic N) is 2. The van der Waals surface area contributed by atoms with Gasteiger partial charge in [0.05, 0.1) is 15.8 Å². The molecule has 0 radical (unpaired) electrons. The van der Waals surface area contributed by atoms with Crippen molar-refractivity contribution in [1.29, 1.82) is 0 Å². The zero-order valence-corrected chi connectivity index (χ0v) is 15.8. The molecule has 0 aliphatic carbocycles. The van der Waals surface area contributed by atoms with Crippen molar-refractivity contribution in [1.82, 2.24) is 14.9 Å². The molecule has 142 valence electrons. The fraction of sp³-hybridized carbons (Fsp3) is 0.238. The molecule has 0 bridgehead atoms. The maximum absolute atomic E-state index is 13.3. The SMILES string of the molecule is O=C(c1c[nH]c2ccccc12)N1CCC(Oc2nc3ccc(F)cc3s2)CC1. The summed E-state index contributed by atoms with van der Waals surface area (Å²) >= 11 is 1.35. The van der Waals surface area contributed by atoms with E-state index in [1.54, 1.807) is 12.3 Å². The summed E-state index contributed by atoms with van der Waals surface area (Å²) in [7, 11) is 0. The molecular formula is C21H18FN3O2S. The quantitative estimate of drug-likeness (QED) is 0.552. The van der Waals surface area contributed by atoms with Gasteiger partial charge in [0.15, 0.2) is 0 Å². The van der Waals surface area contributed by atoms with Crippen LogP contribution in [0.15, 0.2) is 48.7 Å². The van der Waals surface area contributed by atoms with Crippen molar-refractivity contribution < 1.29 is 13.9 Å². The first-order chi connectivity index (χ1) is 13.7. The van der Waals surface area contributed by atoms with Crippen molar-refractivity contribution in [2.45, 2.75) is 18.9 Å². The predicted molar refractivity (Wildman–Crippen MR) is 107 cm³/mol. The summed E-state index contributed by atoms with van der Waals surface area (Å²) in [6.45, 7) is 1.28. The Morgan fingerprint density at radius 3 is 2.89 bits per heavy atom. The van der Waals surface area contributed by atoms with Crippen LogP contribution in [0.3, 0.4) is 0 Å². The minimum atomic E-state index is -0.271. The number of rotatable bonds is 3. The molecular weight excluding hydrogens is 377 g/mol. The number of hydrogen-bond acceptors (Lipinski definition) is 4. The van der Waals surface area contributed by atoms with Crippen LogP contribution in [0, 0.1) is 5.82 Å². The predicted octanol–water partition coefficient (Wildman–Crippen LogP) is 4.60. The lowest BCUT2D eigenvalue weighted by atomic mass is 10.1. The van der Waals surface area contributed by atoms with E-state index in [0.29, 0.717) is 23.8 Å². The van der Waals surface area contributed by atoms with Crippen LogP contribution in [0.1, 0.15) is 23.2 Å². The van der Waals surface area contributed by atoms with Crippen molar-refractivity contribution in [2.24, 2.45) is 0 Å². The molecule has 1 aliphatic heterocycles. The molecule has 3 heterocycles. The molecule has 1 aliphatic rings. The van der Waals surface area contributed by atoms with Gasteiger partial charge >= 0.3 is 0 Å². The highest BCUT2D eigenvalue weighted by Crippen LogP contribution is 2.30. The van der Waals surface area contributed by atoms with Gasteiger partial charge in [-0.15, -0.1) is 0 Å². The Balaban J connectivity index is 1.25. The fourth-order valence-electron chi connectivity index (χ4n) is 3.67. The number of aromatic amines is 1. The minimum Gasteiger partial charge on any atom is -0.467 e. The van der Waals surface area contributed by atoms with Crippen LogP contribution >= 0.6 is 11.3 Å². The minimum absolute atomic E-state index is 0.0115. The van der Waals surface area contributed by atoms with E-state index in [9.17, 15) is 9.18 Å². The molecule has 0 unspecified atom stereocenters. The molecule has 0 saturated carbocycles. The van der Waals surface area contributed by atoms with Gasteiger partial charge in [0.1, 0.15) is 11.9 Å². The highest BCUT2D eigenvalue weighted by Gasteiger charge is 2.26. The average Bonchev–Trinajstić information content (AvgIpc) is 3.31. The van der Waals surface area contributed by atoms with Crippen molar-refractivity contribution in [3.05, 3.63) is 60.0 Å². The molecule has 4 aromatic rings. The van der Waals surface area contributed by atoms with Gasteiger partial charge in [-0.1, -0.05) is 29.5 Å². The molecule has 7 heteroatoms. The first-order valence-corrected chi connectivity index (χ1v) is 10.1. The summed E-state index contributed by atoms with van der Waals surface area (Å²) < 4.78 is 20.1. The number of carbonyl (C=O) groups excluding carboxylic acids is 1. The second kappa shape index (κ2) is 6.91. The number of aromatic nitrogens is 2. The molecule has 1 N–H and O–H groups in total. The molecule has 2 aromatic heterocycles. The van der Waals surface area contributed by atoms with E-state index in [0.717, 1.165) is 34.0 Å². The second-order valence-electron chi connectivity index (χ2n) is 6.95. The Morgan fingerprint density at radius 1 is 1.21 bits per heavy atom. The van der Waals surface area contributed by atoms with Crippen LogP contribution in [-0.2, 0) is 0 Å². The van der Waals surface area contributed by atoms with Crippen molar-refractivity contribution in [3.8, 4) is 5.19 Å². The molecule has 28 heavy (non-hydrogen) atoms. The van der Waals surface area contributed by atoms with Gasteiger partial charge in [-0.3, -0.25) is 4.79 Å². The Kier molecular flexibility index (Phi) is 4.24. The van der Waals surface area contributed by atoms with Crippen molar-refractivity contribution in [2.75, 3.05) is 13.1 Å². The zero-order valence-electron chi connectivity index (χ0n) is 15.0. The third kappa shape index (κ3) is 3.11. The second-order valence-corrected chi connectivity index (χ2v) is 7.94. The van der Waals surface area contributed by atoms with Crippen molar-refractivity contribution in [3.63, 3.8) is 0 Å². The summed E-state index contributed by atoms with van der Waals surface area (Å²) in [5.41, 5.74) is 2.42. The average molecular weight is 395 g/mol. The molecule has 1 fully saturated rings. The Labute approximate surface area is 164 Å². The third-order valence-electron chi connectivity index (χ3n) is 5.15. The standard InChI is InChI=1S/C21H18FN3O2S/c22-13-5-6-18-19(11-13)28-21(24-18)27-14-7-9-25(10-8-14)20(26)16-12-23-17-4-2-1-3-15(16)17/h1-6,11-12,14,23H,7-10H2. The van der Waals surface area contributed by atoms with E-state index >= 15 is 0 Å². The first-order valence-electron chi connectivity index (χ1n) is 9.25. The Morgan fingerprint density at radius 2 is 2.04 bits per heavy atom. The monoisotopic (exact) mass is 395 g/mol. The fourth-order valence-corrected chi connectivity index (χ4v) is 4.57. The molecule has 1 saturated heterocycles. The third-order valence-corrected chi connectivity index (χ3v) is 6.06. The first kappa shape index (κ1) is 17.2. The molecule has 0 spiro atoms. The van der Waals surface area contributed by atoms with Crippen LogP contribution < -0.4 is 4.74 Å². The summed E-state index contributed by atoms with van der Waals surface area (Å²) in [5, 5.41) is 1.51. The van der Waals surface area contributed by atoms with Crippen LogP contribution in [0.4, 0.5) is 4.39 Å². The number of amides is 1. The smallest absolute Gasteiger partial charge is 0.274 e. The lowest BCUT2D eigenvalue weighted by Crippen LogP contribution is -2.41. The number of halogens is 1. The number of benzene rings is 2. The Hall–Kier alpha value is -2.93. The number of ether oxygens (including phenoxy) is 1. The number of carbonyl (C=O) groups is 1. The maximum Gasteiger partial charge on any atom is 0.274 e. The van der Waals surface area contributed by atoms with E-state index in [1.165, 1.54) is 23.5 Å². The van der Waals surface area contributed by atoms with E-state index in [4.69, 9.17) is 4.74 Å². The molecule has 1 amide bonds. The highest BCUT2D eigenvalue weighted by atomic mass is 32.1. The normalized spacial score (nSPS) is 15.4. The van der Waals surface area contributed by atoms with Gasteiger partial charge in [-0.2, -0.15) is 0 Å². The van der Waals surface area contributed by atoms with Crippen molar-refractivity contribution >= 4 is 38.4 Å². The summed E-state index contributed by atoms with van der Waals surface area (Å²) in [6.07, 6.45) is 3.30. The van der Waals surface area contributed by atoms with E-state index < -0.39 is 0 Å². The van der Waals surface area contributed by atoms with Crippen LogP contribution in [0.25, 0.3) is 21.1 Å². The highest BCUT2D eigenvalue weighted by molar-refractivity contribution is 7.20. The number of H-pyrrole nitrogens is 1. The van der Waals surface area contributed by atoms with Gasteiger partial charge in [0.2, 0.25) is 0 Å². The lowest BCUT2D eigenvalue weighted by Gasteiger charge is -2.31. The number of thiazole rings is 1. The van der Waals surface area contributed by atoms with E-state index in [-0.39, 0.29) is 17.8 Å². The summed E-state index contributed by atoms with van der Waals surface area (Å²) in [4.78, 5) is 22.4. The number of piperidine rings is 1. The van der Waals surface area contributed by atoms with Crippen LogP contribution in [-0.4, -0.2) is 40.0 Å². The number of hydrogen-bond donors (Lipinski definition) is 1. The van der Waals surface area contributed by atoms with Gasteiger partial charge < -0.3 is 14.6 Å². The van der Waals surface area contributed by atoms with Gasteiger partial charge in [-0.05, 0) is 24.3 Å². The van der Waals surface area contributed by atoms with Gasteiger partial charge in [-0.25, -0.2) is 9.37 Å². The molecule has 5 rings (SSSR count). The summed E-state index contributed by atoms with van der Waals surface area (Å²) in [5.74, 6) is -0.224. The van der Waals surface area contributed by atoms with Crippen LogP contribution in [0.2, 0.25) is 0 Å². The lowest BCUT2D eigenvalue weighted by molar-refractivity contribution is 0.0597. The molecule has 0 atom stereocenters. The Bertz CT molecular complexity index is 1160. The summed E-state index contributed by atoms with van der Waals surface area (Å²) in [6, 6.07) is 12.4.